The van der Waals surface area contributed by atoms with Gasteiger partial charge in [-0.05, 0) is 49.4 Å². The van der Waals surface area contributed by atoms with Crippen molar-refractivity contribution < 1.29 is 14.3 Å². The molecule has 20 heavy (non-hydrogen) atoms. The van der Waals surface area contributed by atoms with Gasteiger partial charge < -0.3 is 10.1 Å². The highest BCUT2D eigenvalue weighted by molar-refractivity contribution is 5.98. The van der Waals surface area contributed by atoms with Crippen molar-refractivity contribution in [3.63, 3.8) is 0 Å². The third-order valence-corrected chi connectivity index (χ3v) is 3.77. The van der Waals surface area contributed by atoms with Crippen LogP contribution in [0, 0.1) is 0 Å². The van der Waals surface area contributed by atoms with Crippen LogP contribution in [0.25, 0.3) is 0 Å². The molecular formula is C16H19NO3. The van der Waals surface area contributed by atoms with E-state index in [-0.39, 0.29) is 11.7 Å². The fraction of sp³-hybridized carbons (Fsp3) is 0.500. The smallest absolute Gasteiger partial charge is 0.223 e. The zero-order chi connectivity index (χ0) is 13.9. The van der Waals surface area contributed by atoms with Gasteiger partial charge in [-0.3, -0.25) is 9.59 Å². The van der Waals surface area contributed by atoms with Crippen molar-refractivity contribution in [2.75, 3.05) is 6.61 Å². The normalized spacial score (nSPS) is 17.5. The van der Waals surface area contributed by atoms with Gasteiger partial charge in [-0.2, -0.15) is 0 Å². The molecule has 0 aromatic heterocycles. The van der Waals surface area contributed by atoms with E-state index in [1.54, 1.807) is 0 Å². The number of ketones is 1. The number of hydrogen-bond acceptors (Lipinski definition) is 3. The lowest BCUT2D eigenvalue weighted by atomic mass is 9.90. The first-order valence-electron chi connectivity index (χ1n) is 7.30. The number of carbonyl (C=O) groups excluding carboxylic acids is 2. The Hall–Kier alpha value is -1.84. The maximum absolute atomic E-state index is 11.7. The molecule has 1 amide bonds. The van der Waals surface area contributed by atoms with Gasteiger partial charge >= 0.3 is 0 Å². The predicted molar refractivity (Wildman–Crippen MR) is 75.0 cm³/mol. The first-order chi connectivity index (χ1) is 9.72. The minimum Gasteiger partial charge on any atom is -0.493 e. The molecule has 1 aromatic rings. The second-order valence-corrected chi connectivity index (χ2v) is 5.54. The van der Waals surface area contributed by atoms with E-state index < -0.39 is 0 Å². The number of fused-ring (bicyclic) bond motifs is 1. The molecular weight excluding hydrogens is 254 g/mol. The number of aryl methyl sites for hydroxylation is 1. The third-order valence-electron chi connectivity index (χ3n) is 3.77. The second-order valence-electron chi connectivity index (χ2n) is 5.54. The summed E-state index contributed by atoms with van der Waals surface area (Å²) < 4.78 is 5.61. The molecule has 0 spiro atoms. The Labute approximate surface area is 118 Å². The summed E-state index contributed by atoms with van der Waals surface area (Å²) in [7, 11) is 0. The van der Waals surface area contributed by atoms with Crippen molar-refractivity contribution in [1.82, 2.24) is 5.32 Å². The molecule has 0 aliphatic heterocycles. The van der Waals surface area contributed by atoms with E-state index in [0.717, 1.165) is 42.6 Å². The molecule has 4 nitrogen and oxygen atoms in total. The first kappa shape index (κ1) is 13.2. The summed E-state index contributed by atoms with van der Waals surface area (Å²) in [5, 5.41) is 2.93. The van der Waals surface area contributed by atoms with Crippen LogP contribution in [0.1, 0.15) is 48.0 Å². The topological polar surface area (TPSA) is 55.4 Å². The highest BCUT2D eigenvalue weighted by Crippen LogP contribution is 2.25. The maximum Gasteiger partial charge on any atom is 0.223 e. The average Bonchev–Trinajstić information content (AvgIpc) is 3.23. The fourth-order valence-corrected chi connectivity index (χ4v) is 2.50. The van der Waals surface area contributed by atoms with Crippen molar-refractivity contribution >= 4 is 11.7 Å². The number of ether oxygens (including phenoxy) is 1. The van der Waals surface area contributed by atoms with E-state index in [2.05, 4.69) is 5.32 Å². The molecule has 4 heteroatoms. The van der Waals surface area contributed by atoms with Crippen LogP contribution in [-0.4, -0.2) is 24.3 Å². The van der Waals surface area contributed by atoms with E-state index in [0.29, 0.717) is 25.5 Å². The molecule has 0 unspecified atom stereocenters. The third kappa shape index (κ3) is 3.18. The van der Waals surface area contributed by atoms with Crippen LogP contribution in [0.15, 0.2) is 18.2 Å². The zero-order valence-electron chi connectivity index (χ0n) is 11.5. The summed E-state index contributed by atoms with van der Waals surface area (Å²) in [6.45, 7) is 0.380. The van der Waals surface area contributed by atoms with E-state index in [1.165, 1.54) is 0 Å². The number of nitrogens with one attached hydrogen (secondary N) is 1. The first-order valence-corrected chi connectivity index (χ1v) is 7.30. The molecule has 0 atom stereocenters. The molecule has 1 fully saturated rings. The molecule has 0 radical (unpaired) electrons. The van der Waals surface area contributed by atoms with Gasteiger partial charge in [0.15, 0.2) is 5.78 Å². The summed E-state index contributed by atoms with van der Waals surface area (Å²) in [6, 6.07) is 6.00. The molecule has 0 bridgehead atoms. The number of amides is 1. The van der Waals surface area contributed by atoms with Crippen LogP contribution in [0.2, 0.25) is 0 Å². The Morgan fingerprint density at radius 2 is 2.15 bits per heavy atom. The van der Waals surface area contributed by atoms with Crippen molar-refractivity contribution in [3.05, 3.63) is 29.3 Å². The lowest BCUT2D eigenvalue weighted by Crippen LogP contribution is -2.26. The van der Waals surface area contributed by atoms with Gasteiger partial charge in [0.05, 0.1) is 13.0 Å². The van der Waals surface area contributed by atoms with Gasteiger partial charge in [0.1, 0.15) is 5.75 Å². The van der Waals surface area contributed by atoms with Crippen LogP contribution >= 0.6 is 0 Å². The Bertz CT molecular complexity index is 535. The molecule has 0 heterocycles. The van der Waals surface area contributed by atoms with Gasteiger partial charge in [0, 0.05) is 18.0 Å². The number of carbonyl (C=O) groups is 2. The average molecular weight is 273 g/mol. The monoisotopic (exact) mass is 273 g/mol. The maximum atomic E-state index is 11.7. The summed E-state index contributed by atoms with van der Waals surface area (Å²) >= 11 is 0. The summed E-state index contributed by atoms with van der Waals surface area (Å²) in [5.41, 5.74) is 1.90. The van der Waals surface area contributed by atoms with Gasteiger partial charge in [0.25, 0.3) is 0 Å². The number of benzene rings is 1. The van der Waals surface area contributed by atoms with Gasteiger partial charge in [0.2, 0.25) is 5.91 Å². The lowest BCUT2D eigenvalue weighted by molar-refractivity contribution is -0.121. The molecule has 2 aliphatic rings. The number of hydrogen-bond donors (Lipinski definition) is 1. The van der Waals surface area contributed by atoms with Crippen LogP contribution in [0.3, 0.4) is 0 Å². The van der Waals surface area contributed by atoms with Crippen molar-refractivity contribution in [2.45, 2.75) is 44.6 Å². The highest BCUT2D eigenvalue weighted by Gasteiger charge is 2.23. The second kappa shape index (κ2) is 5.65. The van der Waals surface area contributed by atoms with Crippen molar-refractivity contribution in [3.8, 4) is 5.75 Å². The van der Waals surface area contributed by atoms with Crippen LogP contribution in [-0.2, 0) is 11.2 Å². The lowest BCUT2D eigenvalue weighted by Gasteiger charge is -2.16. The van der Waals surface area contributed by atoms with E-state index in [9.17, 15) is 9.59 Å². The predicted octanol–water partition coefficient (Wildman–Crippen LogP) is 2.25. The van der Waals surface area contributed by atoms with Gasteiger partial charge in [-0.15, -0.1) is 0 Å². The summed E-state index contributed by atoms with van der Waals surface area (Å²) in [4.78, 5) is 23.2. The summed E-state index contributed by atoms with van der Waals surface area (Å²) in [5.74, 6) is 1.03. The molecule has 1 aromatic carbocycles. The van der Waals surface area contributed by atoms with Gasteiger partial charge in [-0.1, -0.05) is 0 Å². The number of rotatable bonds is 5. The van der Waals surface area contributed by atoms with Crippen LogP contribution in [0.5, 0.6) is 5.75 Å². The Kier molecular flexibility index (Phi) is 3.72. The number of Topliss-reactive ketones (excluding diaryl/α,β-unsaturated/α-hetero) is 1. The minimum atomic E-state index is 0.0561. The standard InChI is InChI=1S/C16H19NO3/c18-15-3-1-2-11-10-13(6-7-14(11)15)20-9-8-16(19)17-12-4-5-12/h6-7,10,12H,1-5,8-9H2,(H,17,19). The van der Waals surface area contributed by atoms with E-state index >= 15 is 0 Å². The zero-order valence-corrected chi connectivity index (χ0v) is 11.5. The van der Waals surface area contributed by atoms with Crippen LogP contribution < -0.4 is 10.1 Å². The Morgan fingerprint density at radius 1 is 1.30 bits per heavy atom. The largest absolute Gasteiger partial charge is 0.493 e. The molecule has 1 N–H and O–H groups in total. The van der Waals surface area contributed by atoms with E-state index in [4.69, 9.17) is 4.74 Å². The summed E-state index contributed by atoms with van der Waals surface area (Å²) in [6.07, 6.45) is 5.08. The Balaban J connectivity index is 1.52. The van der Waals surface area contributed by atoms with Crippen LogP contribution in [0.4, 0.5) is 0 Å². The molecule has 0 saturated heterocycles. The van der Waals surface area contributed by atoms with Crippen molar-refractivity contribution in [1.29, 1.82) is 0 Å². The minimum absolute atomic E-state index is 0.0561. The fourth-order valence-electron chi connectivity index (χ4n) is 2.50. The van der Waals surface area contributed by atoms with Crippen molar-refractivity contribution in [2.24, 2.45) is 0 Å². The Morgan fingerprint density at radius 3 is 2.95 bits per heavy atom. The quantitative estimate of drug-likeness (QED) is 0.895. The molecule has 106 valence electrons. The molecule has 2 aliphatic carbocycles. The van der Waals surface area contributed by atoms with Gasteiger partial charge in [-0.25, -0.2) is 0 Å². The highest BCUT2D eigenvalue weighted by atomic mass is 16.5. The SMILES string of the molecule is O=C(CCOc1ccc2c(c1)CCCC2=O)NC1CC1. The molecule has 3 rings (SSSR count). The molecule has 1 saturated carbocycles. The van der Waals surface area contributed by atoms with E-state index in [1.807, 2.05) is 18.2 Å².